The van der Waals surface area contributed by atoms with Crippen LogP contribution in [0.25, 0.3) is 16.6 Å². The predicted molar refractivity (Wildman–Crippen MR) is 123 cm³/mol. The second-order valence-electron chi connectivity index (χ2n) is 8.08. The number of halogens is 4. The summed E-state index contributed by atoms with van der Waals surface area (Å²) in [6.07, 6.45) is -0.635. The van der Waals surface area contributed by atoms with Crippen molar-refractivity contribution in [3.05, 3.63) is 78.0 Å². The van der Waals surface area contributed by atoms with Crippen molar-refractivity contribution >= 4 is 22.4 Å². The molecule has 5 aromatic rings. The van der Waals surface area contributed by atoms with Crippen LogP contribution in [0, 0.1) is 19.7 Å². The van der Waals surface area contributed by atoms with E-state index in [1.165, 1.54) is 23.0 Å². The average Bonchev–Trinajstić information content (AvgIpc) is 3.43. The molecule has 3 aromatic heterocycles. The van der Waals surface area contributed by atoms with Gasteiger partial charge in [-0.05, 0) is 50.2 Å². The van der Waals surface area contributed by atoms with Crippen molar-refractivity contribution in [3.63, 3.8) is 0 Å². The Balaban J connectivity index is 1.49. The van der Waals surface area contributed by atoms with Crippen molar-refractivity contribution in [2.24, 2.45) is 0 Å². The second-order valence-corrected chi connectivity index (χ2v) is 8.08. The molecule has 2 aromatic carbocycles. The molecule has 0 radical (unpaired) electrons. The Bertz CT molecular complexity index is 1590. The maximum Gasteiger partial charge on any atom is 0.416 e. The van der Waals surface area contributed by atoms with E-state index < -0.39 is 23.3 Å². The summed E-state index contributed by atoms with van der Waals surface area (Å²) in [6, 6.07) is 7.87. The Morgan fingerprint density at radius 1 is 1.06 bits per heavy atom. The zero-order valence-electron chi connectivity index (χ0n) is 18.9. The third-order valence-electron chi connectivity index (χ3n) is 5.35. The van der Waals surface area contributed by atoms with E-state index in [0.29, 0.717) is 16.6 Å². The van der Waals surface area contributed by atoms with Crippen LogP contribution in [0.2, 0.25) is 0 Å². The van der Waals surface area contributed by atoms with Crippen molar-refractivity contribution < 1.29 is 27.4 Å². The molecule has 0 aliphatic rings. The zero-order chi connectivity index (χ0) is 25.6. The number of aromatic nitrogens is 5. The number of anilines is 2. The molecule has 0 saturated heterocycles. The summed E-state index contributed by atoms with van der Waals surface area (Å²) >= 11 is 0. The summed E-state index contributed by atoms with van der Waals surface area (Å²) in [4.78, 5) is 14.8. The molecule has 0 fully saturated rings. The first-order valence-corrected chi connectivity index (χ1v) is 10.6. The van der Waals surface area contributed by atoms with Gasteiger partial charge in [-0.2, -0.15) is 18.2 Å². The van der Waals surface area contributed by atoms with Gasteiger partial charge in [-0.3, -0.25) is 0 Å². The van der Waals surface area contributed by atoms with Gasteiger partial charge in [0.2, 0.25) is 5.75 Å². The number of aryl methyl sites for hydroxylation is 2. The molecule has 184 valence electrons. The van der Waals surface area contributed by atoms with Gasteiger partial charge in [0.15, 0.2) is 17.4 Å². The number of H-pyrrole nitrogens is 1. The van der Waals surface area contributed by atoms with Gasteiger partial charge in [-0.1, -0.05) is 0 Å². The summed E-state index contributed by atoms with van der Waals surface area (Å²) in [5, 5.41) is 13.6. The molecular formula is C24H18F4N6O2. The van der Waals surface area contributed by atoms with Crippen molar-refractivity contribution in [3.8, 4) is 23.1 Å². The number of alkyl halides is 3. The number of imidazole rings is 1. The minimum Gasteiger partial charge on any atom is -0.501 e. The van der Waals surface area contributed by atoms with E-state index in [4.69, 9.17) is 4.74 Å². The Hall–Kier alpha value is -4.61. The van der Waals surface area contributed by atoms with Crippen molar-refractivity contribution in [1.29, 1.82) is 0 Å². The first kappa shape index (κ1) is 23.1. The van der Waals surface area contributed by atoms with E-state index in [1.807, 2.05) is 0 Å². The van der Waals surface area contributed by atoms with Crippen LogP contribution in [0.5, 0.6) is 17.4 Å². The second kappa shape index (κ2) is 8.56. The summed E-state index contributed by atoms with van der Waals surface area (Å²) < 4.78 is 62.5. The lowest BCUT2D eigenvalue weighted by molar-refractivity contribution is -0.137. The van der Waals surface area contributed by atoms with Crippen LogP contribution >= 0.6 is 0 Å². The zero-order valence-corrected chi connectivity index (χ0v) is 18.9. The molecule has 3 heterocycles. The standard InChI is InChI=1S/C24H18F4N6O2/c1-12-5-17-18(32-12)3-4-19(20(17)25)36-23-21(35)22(29-10-30-23)33-15-6-14(24(26,27)28)7-16(8-15)34-9-13(2)31-11-34/h3-11,32,35H,1-2H3,(H,29,30,33). The largest absolute Gasteiger partial charge is 0.501 e. The van der Waals surface area contributed by atoms with Crippen molar-refractivity contribution in [2.45, 2.75) is 20.0 Å². The summed E-state index contributed by atoms with van der Waals surface area (Å²) in [7, 11) is 0. The van der Waals surface area contributed by atoms with Gasteiger partial charge in [-0.25, -0.2) is 14.4 Å². The van der Waals surface area contributed by atoms with E-state index in [-0.39, 0.29) is 28.8 Å². The fraction of sp³-hybridized carbons (Fsp3) is 0.125. The molecule has 12 heteroatoms. The van der Waals surface area contributed by atoms with Crippen molar-refractivity contribution in [1.82, 2.24) is 24.5 Å². The summed E-state index contributed by atoms with van der Waals surface area (Å²) in [5.74, 6) is -2.08. The Labute approximate surface area is 201 Å². The molecule has 0 unspecified atom stereocenters. The van der Waals surface area contributed by atoms with Gasteiger partial charge in [0.25, 0.3) is 5.88 Å². The third kappa shape index (κ3) is 4.40. The molecule has 8 nitrogen and oxygen atoms in total. The van der Waals surface area contributed by atoms with Crippen LogP contribution in [0.1, 0.15) is 17.0 Å². The molecule has 36 heavy (non-hydrogen) atoms. The molecule has 3 N–H and O–H groups in total. The first-order chi connectivity index (χ1) is 17.1. The molecule has 5 rings (SSSR count). The van der Waals surface area contributed by atoms with Gasteiger partial charge in [0, 0.05) is 34.2 Å². The van der Waals surface area contributed by atoms with Crippen LogP contribution in [0.15, 0.2) is 55.2 Å². The number of benzene rings is 2. The highest BCUT2D eigenvalue weighted by Gasteiger charge is 2.31. The minimum atomic E-state index is -4.63. The molecule has 0 amide bonds. The highest BCUT2D eigenvalue weighted by atomic mass is 19.4. The van der Waals surface area contributed by atoms with Gasteiger partial charge in [0.05, 0.1) is 17.6 Å². The van der Waals surface area contributed by atoms with Crippen LogP contribution in [-0.4, -0.2) is 29.6 Å². The quantitative estimate of drug-likeness (QED) is 0.251. The SMILES string of the molecule is Cc1cn(-c2cc(Nc3ncnc(Oc4ccc5[nH]c(C)cc5c4F)c3O)cc(C(F)(F)F)c2)cn1. The molecule has 0 aliphatic heterocycles. The predicted octanol–water partition coefficient (Wildman–Crippen LogP) is 6.16. The van der Waals surface area contributed by atoms with Crippen molar-refractivity contribution in [2.75, 3.05) is 5.32 Å². The lowest BCUT2D eigenvalue weighted by atomic mass is 10.1. The number of ether oxygens (including phenoxy) is 1. The Morgan fingerprint density at radius 2 is 1.86 bits per heavy atom. The Kier molecular flexibility index (Phi) is 5.50. The van der Waals surface area contributed by atoms with E-state index in [0.717, 1.165) is 24.2 Å². The number of fused-ring (bicyclic) bond motifs is 1. The smallest absolute Gasteiger partial charge is 0.416 e. The van der Waals surface area contributed by atoms with Gasteiger partial charge >= 0.3 is 6.18 Å². The normalized spacial score (nSPS) is 11.7. The molecule has 0 saturated carbocycles. The van der Waals surface area contributed by atoms with Gasteiger partial charge < -0.3 is 24.7 Å². The topological polar surface area (TPSA) is 101 Å². The number of hydrogen-bond donors (Lipinski definition) is 3. The van der Waals surface area contributed by atoms with Gasteiger partial charge in [-0.15, -0.1) is 0 Å². The third-order valence-corrected chi connectivity index (χ3v) is 5.35. The van der Waals surface area contributed by atoms with E-state index >= 15 is 0 Å². The minimum absolute atomic E-state index is 0.0125. The maximum absolute atomic E-state index is 14.9. The van der Waals surface area contributed by atoms with Crippen LogP contribution < -0.4 is 10.1 Å². The van der Waals surface area contributed by atoms with Crippen LogP contribution in [0.3, 0.4) is 0 Å². The Morgan fingerprint density at radius 3 is 2.58 bits per heavy atom. The van der Waals surface area contributed by atoms with E-state index in [2.05, 4.69) is 25.3 Å². The molecule has 0 aliphatic carbocycles. The summed E-state index contributed by atoms with van der Waals surface area (Å²) in [6.45, 7) is 3.49. The molecular weight excluding hydrogens is 480 g/mol. The highest BCUT2D eigenvalue weighted by Crippen LogP contribution is 2.38. The summed E-state index contributed by atoms with van der Waals surface area (Å²) in [5.41, 5.74) is 1.20. The first-order valence-electron chi connectivity index (χ1n) is 10.6. The molecule has 0 bridgehead atoms. The lowest BCUT2D eigenvalue weighted by Gasteiger charge is -2.15. The van der Waals surface area contributed by atoms with Crippen LogP contribution in [-0.2, 0) is 6.18 Å². The molecule has 0 spiro atoms. The number of hydrogen-bond acceptors (Lipinski definition) is 6. The maximum atomic E-state index is 14.9. The fourth-order valence-electron chi connectivity index (χ4n) is 3.70. The van der Waals surface area contributed by atoms with Gasteiger partial charge in [0.1, 0.15) is 6.33 Å². The number of nitrogens with zero attached hydrogens (tertiary/aromatic N) is 4. The monoisotopic (exact) mass is 498 g/mol. The number of nitrogens with one attached hydrogen (secondary N) is 2. The number of rotatable bonds is 5. The fourth-order valence-corrected chi connectivity index (χ4v) is 3.70. The van der Waals surface area contributed by atoms with E-state index in [1.54, 1.807) is 32.2 Å². The highest BCUT2D eigenvalue weighted by molar-refractivity contribution is 5.83. The number of aromatic amines is 1. The average molecular weight is 498 g/mol. The lowest BCUT2D eigenvalue weighted by Crippen LogP contribution is -2.08. The van der Waals surface area contributed by atoms with Crippen LogP contribution in [0.4, 0.5) is 29.1 Å². The molecule has 0 atom stereocenters. The van der Waals surface area contributed by atoms with E-state index in [9.17, 15) is 22.7 Å². The number of aromatic hydroxyl groups is 1.